The fourth-order valence-electron chi connectivity index (χ4n) is 2.55. The van der Waals surface area contributed by atoms with Crippen LogP contribution in [0.4, 0.5) is 11.4 Å². The molecule has 0 radical (unpaired) electrons. The fourth-order valence-corrected chi connectivity index (χ4v) is 3.01. The number of carbonyl (C=O) groups is 3. The summed E-state index contributed by atoms with van der Waals surface area (Å²) in [4.78, 5) is 37.8. The van der Waals surface area contributed by atoms with Gasteiger partial charge in [-0.15, -0.1) is 11.8 Å². The molecule has 0 saturated carbocycles. The first-order valence-electron chi connectivity index (χ1n) is 7.71. The highest BCUT2D eigenvalue weighted by Crippen LogP contribution is 2.21. The van der Waals surface area contributed by atoms with Gasteiger partial charge >= 0.3 is 0 Å². The zero-order chi connectivity index (χ0) is 17.8. The third kappa shape index (κ3) is 4.00. The molecule has 128 valence electrons. The molecule has 0 unspecified atom stereocenters. The summed E-state index contributed by atoms with van der Waals surface area (Å²) in [6, 6.07) is 13.2. The SMILES string of the molecule is CSc1cccc(NC(=O)C[C@H]2NC(=O)c3ccccc3NC2=O)c1. The Morgan fingerprint density at radius 3 is 2.76 bits per heavy atom. The van der Waals surface area contributed by atoms with Crippen molar-refractivity contribution in [1.29, 1.82) is 0 Å². The highest BCUT2D eigenvalue weighted by molar-refractivity contribution is 7.98. The molecule has 0 saturated heterocycles. The number of amides is 3. The van der Waals surface area contributed by atoms with Crippen molar-refractivity contribution >= 4 is 40.9 Å². The molecule has 2 aromatic rings. The molecule has 2 aromatic carbocycles. The molecule has 0 bridgehead atoms. The lowest BCUT2D eigenvalue weighted by Gasteiger charge is -2.14. The zero-order valence-electron chi connectivity index (χ0n) is 13.5. The molecule has 7 heteroatoms. The van der Waals surface area contributed by atoms with E-state index in [1.165, 1.54) is 0 Å². The maximum Gasteiger partial charge on any atom is 0.254 e. The summed E-state index contributed by atoms with van der Waals surface area (Å²) >= 11 is 1.57. The largest absolute Gasteiger partial charge is 0.340 e. The highest BCUT2D eigenvalue weighted by Gasteiger charge is 2.29. The lowest BCUT2D eigenvalue weighted by Crippen LogP contribution is -2.43. The van der Waals surface area contributed by atoms with Gasteiger partial charge in [0.05, 0.1) is 17.7 Å². The van der Waals surface area contributed by atoms with Crippen LogP contribution < -0.4 is 16.0 Å². The Hall–Kier alpha value is -2.80. The van der Waals surface area contributed by atoms with Gasteiger partial charge in [-0.3, -0.25) is 14.4 Å². The van der Waals surface area contributed by atoms with E-state index >= 15 is 0 Å². The van der Waals surface area contributed by atoms with E-state index in [0.29, 0.717) is 16.9 Å². The zero-order valence-corrected chi connectivity index (χ0v) is 14.4. The normalized spacial score (nSPS) is 16.3. The average Bonchev–Trinajstić information content (AvgIpc) is 2.72. The van der Waals surface area contributed by atoms with Gasteiger partial charge in [-0.05, 0) is 36.6 Å². The summed E-state index contributed by atoms with van der Waals surface area (Å²) in [6.45, 7) is 0. The van der Waals surface area contributed by atoms with Crippen LogP contribution in [0.25, 0.3) is 0 Å². The predicted octanol–water partition coefficient (Wildman–Crippen LogP) is 2.49. The van der Waals surface area contributed by atoms with Crippen LogP contribution in [0.1, 0.15) is 16.8 Å². The number of fused-ring (bicyclic) bond motifs is 1. The van der Waals surface area contributed by atoms with Gasteiger partial charge in [-0.2, -0.15) is 0 Å². The summed E-state index contributed by atoms with van der Waals surface area (Å²) in [7, 11) is 0. The quantitative estimate of drug-likeness (QED) is 0.736. The molecule has 0 aliphatic carbocycles. The summed E-state index contributed by atoms with van der Waals surface area (Å²) in [5.74, 6) is -1.13. The van der Waals surface area contributed by atoms with E-state index in [1.54, 1.807) is 42.1 Å². The molecule has 6 nitrogen and oxygen atoms in total. The van der Waals surface area contributed by atoms with Crippen LogP contribution in [-0.4, -0.2) is 30.0 Å². The Kier molecular flexibility index (Phi) is 5.04. The van der Waals surface area contributed by atoms with E-state index in [4.69, 9.17) is 0 Å². The molecule has 3 N–H and O–H groups in total. The summed E-state index contributed by atoms with van der Waals surface area (Å²) in [5, 5.41) is 8.05. The van der Waals surface area contributed by atoms with Crippen molar-refractivity contribution in [3.63, 3.8) is 0 Å². The first-order chi connectivity index (χ1) is 12.1. The third-order valence-corrected chi connectivity index (χ3v) is 4.52. The minimum Gasteiger partial charge on any atom is -0.340 e. The van der Waals surface area contributed by atoms with Crippen LogP contribution in [-0.2, 0) is 9.59 Å². The van der Waals surface area contributed by atoms with E-state index in [2.05, 4.69) is 16.0 Å². The van der Waals surface area contributed by atoms with Crippen LogP contribution in [0.15, 0.2) is 53.4 Å². The van der Waals surface area contributed by atoms with Crippen molar-refractivity contribution in [2.75, 3.05) is 16.9 Å². The van der Waals surface area contributed by atoms with Crippen molar-refractivity contribution in [3.8, 4) is 0 Å². The molecule has 25 heavy (non-hydrogen) atoms. The Balaban J connectivity index is 1.69. The van der Waals surface area contributed by atoms with Gasteiger partial charge in [0, 0.05) is 10.6 Å². The van der Waals surface area contributed by atoms with Gasteiger partial charge in [0.25, 0.3) is 5.91 Å². The number of thioether (sulfide) groups is 1. The second-order valence-electron chi connectivity index (χ2n) is 5.55. The topological polar surface area (TPSA) is 87.3 Å². The Labute approximate surface area is 149 Å². The molecule has 1 heterocycles. The number of benzene rings is 2. The summed E-state index contributed by atoms with van der Waals surface area (Å²) in [6.07, 6.45) is 1.80. The van der Waals surface area contributed by atoms with Crippen LogP contribution in [0, 0.1) is 0 Å². The molecule has 1 aliphatic rings. The fraction of sp³-hybridized carbons (Fsp3) is 0.167. The number of nitrogens with one attached hydrogen (secondary N) is 3. The number of hydrogen-bond acceptors (Lipinski definition) is 4. The number of anilines is 2. The van der Waals surface area contributed by atoms with Gasteiger partial charge in [0.1, 0.15) is 6.04 Å². The average molecular weight is 355 g/mol. The lowest BCUT2D eigenvalue weighted by atomic mass is 10.1. The van der Waals surface area contributed by atoms with Gasteiger partial charge in [0.15, 0.2) is 0 Å². The van der Waals surface area contributed by atoms with Crippen LogP contribution in [0.5, 0.6) is 0 Å². The third-order valence-electron chi connectivity index (χ3n) is 3.79. The molecule has 3 amide bonds. The van der Waals surface area contributed by atoms with Crippen LogP contribution in [0.3, 0.4) is 0 Å². The molecule has 1 atom stereocenters. The van der Waals surface area contributed by atoms with E-state index in [1.807, 2.05) is 24.5 Å². The first-order valence-corrected chi connectivity index (χ1v) is 8.94. The van der Waals surface area contributed by atoms with Crippen LogP contribution in [0.2, 0.25) is 0 Å². The minimum absolute atomic E-state index is 0.144. The van der Waals surface area contributed by atoms with Crippen molar-refractivity contribution < 1.29 is 14.4 Å². The second kappa shape index (κ2) is 7.40. The van der Waals surface area contributed by atoms with Crippen molar-refractivity contribution in [2.24, 2.45) is 0 Å². The van der Waals surface area contributed by atoms with Crippen molar-refractivity contribution in [1.82, 2.24) is 5.32 Å². The monoisotopic (exact) mass is 355 g/mol. The van der Waals surface area contributed by atoms with E-state index in [-0.39, 0.29) is 18.2 Å². The molecule has 0 spiro atoms. The highest BCUT2D eigenvalue weighted by atomic mass is 32.2. The Morgan fingerprint density at radius 2 is 1.96 bits per heavy atom. The van der Waals surface area contributed by atoms with Gasteiger partial charge in [0.2, 0.25) is 11.8 Å². The first kappa shape index (κ1) is 17.0. The minimum atomic E-state index is -0.927. The molecular weight excluding hydrogens is 338 g/mol. The van der Waals surface area contributed by atoms with Crippen molar-refractivity contribution in [2.45, 2.75) is 17.4 Å². The maximum absolute atomic E-state index is 12.3. The Bertz CT molecular complexity index is 838. The smallest absolute Gasteiger partial charge is 0.254 e. The lowest BCUT2D eigenvalue weighted by molar-refractivity contribution is -0.122. The van der Waals surface area contributed by atoms with E-state index < -0.39 is 11.9 Å². The standard InChI is InChI=1S/C18H17N3O3S/c1-25-12-6-4-5-11(9-12)19-16(22)10-15-18(24)20-14-8-3-2-7-13(14)17(23)21-15/h2-9,15H,10H2,1H3,(H,19,22)(H,20,24)(H,21,23)/t15-/m1/s1. The number of rotatable bonds is 4. The molecule has 0 fully saturated rings. The maximum atomic E-state index is 12.3. The molecule has 3 rings (SSSR count). The number of carbonyl (C=O) groups excluding carboxylic acids is 3. The number of hydrogen-bond donors (Lipinski definition) is 3. The van der Waals surface area contributed by atoms with Gasteiger partial charge in [-0.1, -0.05) is 18.2 Å². The van der Waals surface area contributed by atoms with Crippen LogP contribution >= 0.6 is 11.8 Å². The van der Waals surface area contributed by atoms with Gasteiger partial charge < -0.3 is 16.0 Å². The molecule has 0 aromatic heterocycles. The van der Waals surface area contributed by atoms with Crippen molar-refractivity contribution in [3.05, 3.63) is 54.1 Å². The molecule has 1 aliphatic heterocycles. The summed E-state index contributed by atoms with van der Waals surface area (Å²) in [5.41, 5.74) is 1.48. The van der Waals surface area contributed by atoms with Gasteiger partial charge in [-0.25, -0.2) is 0 Å². The number of para-hydroxylation sites is 1. The molecular formula is C18H17N3O3S. The Morgan fingerprint density at radius 1 is 1.16 bits per heavy atom. The summed E-state index contributed by atoms with van der Waals surface area (Å²) < 4.78 is 0. The predicted molar refractivity (Wildman–Crippen MR) is 97.8 cm³/mol. The van der Waals surface area contributed by atoms with E-state index in [0.717, 1.165) is 4.90 Å². The second-order valence-corrected chi connectivity index (χ2v) is 6.42. The van der Waals surface area contributed by atoms with E-state index in [9.17, 15) is 14.4 Å².